The highest BCUT2D eigenvalue weighted by molar-refractivity contribution is 6.09. The largest absolute Gasteiger partial charge is 0.497 e. The average Bonchev–Trinajstić information content (AvgIpc) is 3.45. The number of carbonyl (C=O) groups excluding carboxylic acids is 4. The number of nitrogens with zero attached hydrogens (tertiary/aromatic N) is 1. The van der Waals surface area contributed by atoms with Gasteiger partial charge in [0, 0.05) is 37.0 Å². The summed E-state index contributed by atoms with van der Waals surface area (Å²) in [6, 6.07) is 10.0. The van der Waals surface area contributed by atoms with Crippen molar-refractivity contribution < 1.29 is 28.3 Å². The quantitative estimate of drug-likeness (QED) is 0.500. The van der Waals surface area contributed by atoms with Gasteiger partial charge >= 0.3 is 6.03 Å². The van der Waals surface area contributed by atoms with Crippen molar-refractivity contribution in [3.63, 3.8) is 0 Å². The summed E-state index contributed by atoms with van der Waals surface area (Å²) >= 11 is 0. The van der Waals surface area contributed by atoms with Crippen LogP contribution in [0.15, 0.2) is 40.8 Å². The maximum absolute atomic E-state index is 12.7. The predicted octanol–water partition coefficient (Wildman–Crippen LogP) is 2.10. The van der Waals surface area contributed by atoms with Gasteiger partial charge in [0.05, 0.1) is 19.2 Å². The van der Waals surface area contributed by atoms with Gasteiger partial charge in [0.2, 0.25) is 5.91 Å². The first kappa shape index (κ1) is 22.5. The highest BCUT2D eigenvalue weighted by Crippen LogP contribution is 2.29. The maximum atomic E-state index is 12.7. The third-order valence-corrected chi connectivity index (χ3v) is 6.27. The molecule has 3 N–H and O–H groups in total. The van der Waals surface area contributed by atoms with E-state index in [4.69, 9.17) is 9.15 Å². The summed E-state index contributed by atoms with van der Waals surface area (Å²) in [6.45, 7) is 1.24. The summed E-state index contributed by atoms with van der Waals surface area (Å²) in [6.07, 6.45) is 0.666. The molecule has 5 amide bonds. The molecule has 10 heteroatoms. The van der Waals surface area contributed by atoms with Gasteiger partial charge in [0.1, 0.15) is 17.1 Å². The highest BCUT2D eigenvalue weighted by Gasteiger charge is 2.26. The minimum absolute atomic E-state index is 0.00344. The van der Waals surface area contributed by atoms with Crippen LogP contribution in [0.25, 0.3) is 11.0 Å². The lowest BCUT2D eigenvalue weighted by molar-refractivity contribution is -0.120. The molecule has 0 bridgehead atoms. The van der Waals surface area contributed by atoms with Crippen molar-refractivity contribution in [1.82, 2.24) is 20.9 Å². The fraction of sp³-hybridized carbons (Fsp3) is 0.280. The Morgan fingerprint density at radius 2 is 2.00 bits per heavy atom. The monoisotopic (exact) mass is 476 g/mol. The van der Waals surface area contributed by atoms with Crippen LogP contribution in [0, 0.1) is 0 Å². The number of carbonyl (C=O) groups is 4. The van der Waals surface area contributed by atoms with Crippen LogP contribution in [0.3, 0.4) is 0 Å². The summed E-state index contributed by atoms with van der Waals surface area (Å²) in [5, 5.41) is 8.33. The van der Waals surface area contributed by atoms with E-state index in [-0.39, 0.29) is 31.3 Å². The molecule has 3 heterocycles. The number of nitrogens with one attached hydrogen (secondary N) is 3. The third kappa shape index (κ3) is 4.42. The number of benzene rings is 2. The van der Waals surface area contributed by atoms with E-state index in [9.17, 15) is 19.2 Å². The summed E-state index contributed by atoms with van der Waals surface area (Å²) in [7, 11) is 1.58. The normalized spacial score (nSPS) is 14.4. The van der Waals surface area contributed by atoms with E-state index in [0.717, 1.165) is 11.1 Å². The lowest BCUT2D eigenvalue weighted by Crippen LogP contribution is -2.42. The number of urea groups is 1. The SMILES string of the molecule is COc1ccc2c(c1)CCN(CCC(=O)NC(=O)NCc1cc3c4c(ccc3o1)CNC4=O)C2=O. The molecule has 0 saturated carbocycles. The predicted molar refractivity (Wildman–Crippen MR) is 125 cm³/mol. The van der Waals surface area contributed by atoms with Crippen LogP contribution < -0.4 is 20.7 Å². The Hall–Kier alpha value is -4.34. The molecule has 1 aromatic heterocycles. The number of imide groups is 1. The zero-order valence-electron chi connectivity index (χ0n) is 19.1. The summed E-state index contributed by atoms with van der Waals surface area (Å²) < 4.78 is 10.9. The molecule has 0 radical (unpaired) electrons. The minimum Gasteiger partial charge on any atom is -0.497 e. The zero-order chi connectivity index (χ0) is 24.5. The summed E-state index contributed by atoms with van der Waals surface area (Å²) in [4.78, 5) is 50.8. The van der Waals surface area contributed by atoms with E-state index in [1.807, 2.05) is 12.1 Å². The molecule has 2 aromatic carbocycles. The topological polar surface area (TPSA) is 130 Å². The number of rotatable bonds is 6. The number of furan rings is 1. The lowest BCUT2D eigenvalue weighted by atomic mass is 9.98. The van der Waals surface area contributed by atoms with E-state index < -0.39 is 11.9 Å². The lowest BCUT2D eigenvalue weighted by Gasteiger charge is -2.28. The number of methoxy groups -OCH3 is 1. The minimum atomic E-state index is -0.666. The number of hydrogen-bond donors (Lipinski definition) is 3. The molecule has 0 unspecified atom stereocenters. The van der Waals surface area contributed by atoms with E-state index >= 15 is 0 Å². The molecule has 0 atom stereocenters. The van der Waals surface area contributed by atoms with Crippen LogP contribution in [-0.2, 0) is 24.3 Å². The van der Waals surface area contributed by atoms with Crippen molar-refractivity contribution in [3.05, 3.63) is 64.4 Å². The molecule has 2 aliphatic rings. The van der Waals surface area contributed by atoms with Gasteiger partial charge in [-0.25, -0.2) is 4.79 Å². The van der Waals surface area contributed by atoms with Crippen molar-refractivity contribution in [2.75, 3.05) is 20.2 Å². The second-order valence-corrected chi connectivity index (χ2v) is 8.45. The fourth-order valence-corrected chi connectivity index (χ4v) is 4.47. The number of fused-ring (bicyclic) bond motifs is 4. The van der Waals surface area contributed by atoms with E-state index in [1.54, 1.807) is 36.3 Å². The number of hydrogen-bond acceptors (Lipinski definition) is 6. The van der Waals surface area contributed by atoms with Gasteiger partial charge < -0.3 is 24.7 Å². The Bertz CT molecular complexity index is 1360. The van der Waals surface area contributed by atoms with E-state index in [2.05, 4.69) is 16.0 Å². The first-order valence-electron chi connectivity index (χ1n) is 11.3. The maximum Gasteiger partial charge on any atom is 0.321 e. The Kier molecular flexibility index (Phi) is 5.86. The van der Waals surface area contributed by atoms with Crippen molar-refractivity contribution >= 4 is 34.7 Å². The number of amides is 5. The molecule has 10 nitrogen and oxygen atoms in total. The van der Waals surface area contributed by atoms with Crippen LogP contribution >= 0.6 is 0 Å². The molecule has 0 fully saturated rings. The van der Waals surface area contributed by atoms with Crippen LogP contribution in [0.5, 0.6) is 5.75 Å². The van der Waals surface area contributed by atoms with Crippen molar-refractivity contribution in [2.45, 2.75) is 25.9 Å². The molecular formula is C25H24N4O6. The van der Waals surface area contributed by atoms with Gasteiger partial charge in [0.15, 0.2) is 0 Å². The number of ether oxygens (including phenoxy) is 1. The average molecular weight is 476 g/mol. The van der Waals surface area contributed by atoms with Gasteiger partial charge in [-0.15, -0.1) is 0 Å². The smallest absolute Gasteiger partial charge is 0.321 e. The second kappa shape index (κ2) is 9.13. The first-order valence-corrected chi connectivity index (χ1v) is 11.3. The molecular weight excluding hydrogens is 452 g/mol. The van der Waals surface area contributed by atoms with Gasteiger partial charge in [-0.2, -0.15) is 0 Å². The van der Waals surface area contributed by atoms with Crippen molar-refractivity contribution in [3.8, 4) is 5.75 Å². The van der Waals surface area contributed by atoms with Crippen molar-refractivity contribution in [2.24, 2.45) is 0 Å². The van der Waals surface area contributed by atoms with Crippen molar-refractivity contribution in [1.29, 1.82) is 0 Å². The van der Waals surface area contributed by atoms with Crippen LogP contribution in [0.2, 0.25) is 0 Å². The molecule has 5 rings (SSSR count). The fourth-order valence-electron chi connectivity index (χ4n) is 4.47. The Labute approximate surface area is 200 Å². The Morgan fingerprint density at radius 3 is 2.83 bits per heavy atom. The van der Waals surface area contributed by atoms with E-state index in [0.29, 0.717) is 53.1 Å². The van der Waals surface area contributed by atoms with Gasteiger partial charge in [-0.1, -0.05) is 6.07 Å². The van der Waals surface area contributed by atoms with E-state index in [1.165, 1.54) is 0 Å². The Morgan fingerprint density at radius 1 is 1.14 bits per heavy atom. The van der Waals surface area contributed by atoms with Crippen LogP contribution in [0.1, 0.15) is 44.0 Å². The van der Waals surface area contributed by atoms with Gasteiger partial charge in [-0.05, 0) is 47.9 Å². The highest BCUT2D eigenvalue weighted by atomic mass is 16.5. The summed E-state index contributed by atoms with van der Waals surface area (Å²) in [5.41, 5.74) is 3.57. The molecule has 2 aliphatic heterocycles. The molecule has 0 aliphatic carbocycles. The molecule has 3 aromatic rings. The summed E-state index contributed by atoms with van der Waals surface area (Å²) in [5.74, 6) is 0.383. The van der Waals surface area contributed by atoms with Gasteiger partial charge in [-0.3, -0.25) is 19.7 Å². The Balaban J connectivity index is 1.11. The van der Waals surface area contributed by atoms with Gasteiger partial charge in [0.25, 0.3) is 11.8 Å². The molecule has 35 heavy (non-hydrogen) atoms. The van der Waals surface area contributed by atoms with Crippen LogP contribution in [-0.4, -0.2) is 48.9 Å². The molecule has 0 spiro atoms. The molecule has 180 valence electrons. The standard InChI is InChI=1S/C25H24N4O6/c1-34-16-3-4-18-14(10-16)6-8-29(24(18)32)9-7-21(30)28-25(33)27-13-17-11-19-20(35-17)5-2-15-12-26-23(31)22(15)19/h2-5,10-11H,6-9,12-13H2,1H3,(H,26,31)(H2,27,28,30,33). The van der Waals surface area contributed by atoms with Crippen LogP contribution in [0.4, 0.5) is 4.79 Å². The molecule has 0 saturated heterocycles. The zero-order valence-corrected chi connectivity index (χ0v) is 19.1. The third-order valence-electron chi connectivity index (χ3n) is 6.27. The second-order valence-electron chi connectivity index (χ2n) is 8.45. The first-order chi connectivity index (χ1) is 16.9.